The Morgan fingerprint density at radius 3 is 2.15 bits per heavy atom. The molecule has 14 nitrogen and oxygen atoms in total. The van der Waals surface area contributed by atoms with E-state index < -0.39 is 52.2 Å². The van der Waals surface area contributed by atoms with Gasteiger partial charge in [0, 0.05) is 0 Å². The summed E-state index contributed by atoms with van der Waals surface area (Å²) in [4.78, 5) is 36.3. The van der Waals surface area contributed by atoms with E-state index in [1.807, 2.05) is 0 Å². The van der Waals surface area contributed by atoms with Crippen LogP contribution < -0.4 is 34.9 Å². The third-order valence-electron chi connectivity index (χ3n) is 3.33. The zero-order valence-electron chi connectivity index (χ0n) is 19.9. The van der Waals surface area contributed by atoms with Crippen LogP contribution in [-0.2, 0) is 42.4 Å². The van der Waals surface area contributed by atoms with E-state index in [2.05, 4.69) is 20.4 Å². The molecule has 0 aliphatic heterocycles. The molecule has 0 spiro atoms. The van der Waals surface area contributed by atoms with E-state index in [9.17, 15) is 27.4 Å². The Labute approximate surface area is 214 Å². The predicted octanol–water partition coefficient (Wildman–Crippen LogP) is -2.45. The van der Waals surface area contributed by atoms with Gasteiger partial charge in [-0.3, -0.25) is 0 Å². The van der Waals surface area contributed by atoms with Crippen LogP contribution in [0.2, 0.25) is 0 Å². The van der Waals surface area contributed by atoms with Crippen LogP contribution in [0.3, 0.4) is 0 Å². The normalized spacial score (nSPS) is 12.7. The number of ether oxygens (including phenoxy) is 3. The quantitative estimate of drug-likeness (QED) is 0.181. The van der Waals surface area contributed by atoms with Crippen LogP contribution in [0, 0.1) is 0 Å². The molecule has 0 fully saturated rings. The second kappa shape index (κ2) is 12.0. The molecular weight excluding hydrogens is 473 g/mol. The molecule has 16 heteroatoms. The van der Waals surface area contributed by atoms with Crippen LogP contribution in [0.15, 0.2) is 6.20 Å². The molecule has 0 saturated carbocycles. The number of carbonyl (C=O) groups is 3. The summed E-state index contributed by atoms with van der Waals surface area (Å²) in [5.74, 6) is -1.20. The van der Waals surface area contributed by atoms with Crippen molar-refractivity contribution in [2.45, 2.75) is 71.9 Å². The molecule has 1 rings (SSSR count). The summed E-state index contributed by atoms with van der Waals surface area (Å²) < 4.78 is 50.6. The van der Waals surface area contributed by atoms with Crippen LogP contribution in [0.25, 0.3) is 0 Å². The van der Waals surface area contributed by atoms with Crippen LogP contribution in [0.4, 0.5) is 9.59 Å². The smallest absolute Gasteiger partial charge is 0.731 e. The first-order valence-corrected chi connectivity index (χ1v) is 10.7. The molecule has 1 aromatic rings. The maximum absolute atomic E-state index is 12.4. The number of alkyl carbamates (subject to hydrolysis) is 1. The minimum atomic E-state index is -5.47. The van der Waals surface area contributed by atoms with Crippen LogP contribution in [0.5, 0.6) is 0 Å². The van der Waals surface area contributed by atoms with E-state index in [4.69, 9.17) is 9.47 Å². The summed E-state index contributed by atoms with van der Waals surface area (Å²) in [5.41, 5.74) is -1.62. The number of nitrogens with zero attached hydrogens (tertiary/aromatic N) is 4. The van der Waals surface area contributed by atoms with Crippen molar-refractivity contribution in [3.8, 4) is 0 Å². The summed E-state index contributed by atoms with van der Waals surface area (Å²) in [6.45, 7) is 8.75. The fraction of sp³-hybridized carbons (Fsp3) is 0.706. The van der Waals surface area contributed by atoms with E-state index in [1.165, 1.54) is 27.0 Å². The number of esters is 1. The Balaban J connectivity index is 0.0000102. The van der Waals surface area contributed by atoms with E-state index in [1.54, 1.807) is 20.8 Å². The molecule has 33 heavy (non-hydrogen) atoms. The standard InChI is InChI=1S/C17H29N5O9S.Na/c1-16(2,3)30-14(24)18-8-11-9-21(20-19-11)10-12(13(23)29-7)22(32(26,27)28)15(25)31-17(4,5)6;/h9,12H,8,10H2,1-7H3,(H,18,24)(H,26,27,28);/q;+1/p-1/t12-;/m0./s1. The molecule has 0 saturated heterocycles. The topological polar surface area (TPSA) is 182 Å². The number of hydrogen-bond acceptors (Lipinski definition) is 11. The Kier molecular flexibility index (Phi) is 11.3. The van der Waals surface area contributed by atoms with Gasteiger partial charge in [0.25, 0.3) is 0 Å². The van der Waals surface area contributed by atoms with Crippen molar-refractivity contribution in [1.82, 2.24) is 24.6 Å². The monoisotopic (exact) mass is 501 g/mol. The second-order valence-electron chi connectivity index (χ2n) is 8.56. The van der Waals surface area contributed by atoms with Gasteiger partial charge in [-0.15, -0.1) is 5.10 Å². The van der Waals surface area contributed by atoms with E-state index in [0.29, 0.717) is 0 Å². The van der Waals surface area contributed by atoms with E-state index in [-0.39, 0.29) is 46.1 Å². The average Bonchev–Trinajstić information content (AvgIpc) is 3.02. The van der Waals surface area contributed by atoms with Gasteiger partial charge in [0.05, 0.1) is 26.4 Å². The molecule has 0 radical (unpaired) electrons. The molecule has 182 valence electrons. The molecule has 1 N–H and O–H groups in total. The summed E-state index contributed by atoms with van der Waals surface area (Å²) >= 11 is 0. The van der Waals surface area contributed by atoms with Crippen molar-refractivity contribution in [2.24, 2.45) is 0 Å². The van der Waals surface area contributed by atoms with Gasteiger partial charge < -0.3 is 24.1 Å². The zero-order chi connectivity index (χ0) is 24.9. The molecule has 1 atom stereocenters. The van der Waals surface area contributed by atoms with Crippen LogP contribution in [0.1, 0.15) is 47.2 Å². The van der Waals surface area contributed by atoms with Gasteiger partial charge >= 0.3 is 47.7 Å². The van der Waals surface area contributed by atoms with Gasteiger partial charge in [-0.2, -0.15) is 4.31 Å². The Morgan fingerprint density at radius 2 is 1.70 bits per heavy atom. The molecule has 0 unspecified atom stereocenters. The minimum absolute atomic E-state index is 0. The molecule has 0 bridgehead atoms. The first kappa shape index (κ1) is 31.1. The van der Waals surface area contributed by atoms with Crippen LogP contribution in [-0.4, -0.2) is 74.8 Å². The number of amides is 2. The summed E-state index contributed by atoms with van der Waals surface area (Å²) in [6.07, 6.45) is -0.972. The number of methoxy groups -OCH3 is 1. The number of carbonyl (C=O) groups excluding carboxylic acids is 3. The second-order valence-corrected chi connectivity index (χ2v) is 9.81. The van der Waals surface area contributed by atoms with Gasteiger partial charge in [-0.1, -0.05) is 5.21 Å². The van der Waals surface area contributed by atoms with Gasteiger partial charge in [0.1, 0.15) is 16.9 Å². The molecule has 0 aliphatic rings. The fourth-order valence-corrected chi connectivity index (χ4v) is 2.91. The maximum Gasteiger partial charge on any atom is 1.00 e. The number of aromatic nitrogens is 3. The van der Waals surface area contributed by atoms with Crippen molar-refractivity contribution in [3.63, 3.8) is 0 Å². The molecule has 0 aliphatic carbocycles. The van der Waals surface area contributed by atoms with Crippen molar-refractivity contribution in [3.05, 3.63) is 11.9 Å². The van der Waals surface area contributed by atoms with Gasteiger partial charge in [0.15, 0.2) is 16.3 Å². The first-order chi connectivity index (χ1) is 14.4. The van der Waals surface area contributed by atoms with Crippen molar-refractivity contribution < 1.29 is 71.1 Å². The fourth-order valence-electron chi connectivity index (χ4n) is 2.22. The van der Waals surface area contributed by atoms with Crippen molar-refractivity contribution >= 4 is 28.5 Å². The van der Waals surface area contributed by atoms with Gasteiger partial charge in [-0.05, 0) is 41.5 Å². The predicted molar refractivity (Wildman–Crippen MR) is 107 cm³/mol. The molecule has 2 amide bonds. The SMILES string of the molecule is COC(=O)[C@H](Cn1cc(CNC(=O)OC(C)(C)C)nn1)N(C(=O)OC(C)(C)C)S(=O)(=O)[O-].[Na+]. The van der Waals surface area contributed by atoms with Crippen LogP contribution >= 0.6 is 0 Å². The average molecular weight is 501 g/mol. The molecular formula is C17H28N5NaO9S. The Hall–Kier alpha value is -1.94. The summed E-state index contributed by atoms with van der Waals surface area (Å²) in [5, 5.41) is 9.94. The first-order valence-electron chi connectivity index (χ1n) is 9.35. The summed E-state index contributed by atoms with van der Waals surface area (Å²) in [6, 6.07) is -1.91. The zero-order valence-corrected chi connectivity index (χ0v) is 22.8. The van der Waals surface area contributed by atoms with Gasteiger partial charge in [-0.25, -0.2) is 27.5 Å². The van der Waals surface area contributed by atoms with E-state index >= 15 is 0 Å². The largest absolute Gasteiger partial charge is 1.00 e. The Bertz CT molecular complexity index is 937. The molecule has 1 aromatic heterocycles. The number of hydrogen-bond donors (Lipinski definition) is 1. The van der Waals surface area contributed by atoms with Gasteiger partial charge in [0.2, 0.25) is 0 Å². The number of nitrogens with one attached hydrogen (secondary N) is 1. The third-order valence-corrected chi connectivity index (χ3v) is 4.21. The van der Waals surface area contributed by atoms with E-state index in [0.717, 1.165) is 11.8 Å². The minimum Gasteiger partial charge on any atom is -0.731 e. The maximum atomic E-state index is 12.4. The Morgan fingerprint density at radius 1 is 1.15 bits per heavy atom. The summed E-state index contributed by atoms with van der Waals surface area (Å²) in [7, 11) is -4.51. The van der Waals surface area contributed by atoms with Crippen molar-refractivity contribution in [2.75, 3.05) is 7.11 Å². The van der Waals surface area contributed by atoms with Crippen molar-refractivity contribution in [1.29, 1.82) is 0 Å². The molecule has 1 heterocycles. The number of rotatable bonds is 7. The molecule has 0 aromatic carbocycles. The third kappa shape index (κ3) is 11.2.